The van der Waals surface area contributed by atoms with Gasteiger partial charge in [0, 0.05) is 5.69 Å². The van der Waals surface area contributed by atoms with E-state index in [1.165, 1.54) is 12.1 Å². The summed E-state index contributed by atoms with van der Waals surface area (Å²) in [6.45, 7) is 4.72. The van der Waals surface area contributed by atoms with E-state index in [-0.39, 0.29) is 17.9 Å². The highest BCUT2D eigenvalue weighted by Gasteiger charge is 2.08. The van der Waals surface area contributed by atoms with E-state index in [9.17, 15) is 9.59 Å². The molecule has 2 rings (SSSR count). The quantitative estimate of drug-likeness (QED) is 0.710. The first kappa shape index (κ1) is 18.5. The largest absolute Gasteiger partial charge is 0.494 e. The monoisotopic (exact) mass is 341 g/mol. The number of hydrogen-bond acceptors (Lipinski definition) is 3. The summed E-state index contributed by atoms with van der Waals surface area (Å²) in [7, 11) is 0. The van der Waals surface area contributed by atoms with Crippen molar-refractivity contribution in [3.8, 4) is 5.75 Å². The Bertz CT molecular complexity index is 738. The van der Waals surface area contributed by atoms with Gasteiger partial charge >= 0.3 is 5.97 Å². The molecule has 0 aliphatic heterocycles. The molecule has 0 heterocycles. The molecule has 0 fully saturated rings. The Morgan fingerprint density at radius 1 is 1.12 bits per heavy atom. The molecule has 0 unspecified atom stereocenters. The minimum atomic E-state index is -0.979. The number of aryl methyl sites for hydroxylation is 1. The molecule has 2 aromatic rings. The second kappa shape index (κ2) is 8.87. The Balaban J connectivity index is 1.94. The second-order valence-electron chi connectivity index (χ2n) is 5.91. The van der Waals surface area contributed by atoms with Gasteiger partial charge < -0.3 is 15.2 Å². The molecule has 0 spiro atoms. The van der Waals surface area contributed by atoms with Crippen molar-refractivity contribution in [2.45, 2.75) is 33.1 Å². The van der Waals surface area contributed by atoms with E-state index >= 15 is 0 Å². The summed E-state index contributed by atoms with van der Waals surface area (Å²) in [5.74, 6) is -0.327. The zero-order valence-corrected chi connectivity index (χ0v) is 14.5. The Hall–Kier alpha value is -2.82. The van der Waals surface area contributed by atoms with E-state index in [0.29, 0.717) is 6.61 Å². The molecule has 0 saturated carbocycles. The van der Waals surface area contributed by atoms with Gasteiger partial charge in [0.15, 0.2) is 0 Å². The van der Waals surface area contributed by atoms with E-state index in [2.05, 4.69) is 12.2 Å². The van der Waals surface area contributed by atoms with Gasteiger partial charge in [-0.15, -0.1) is 0 Å². The standard InChI is InChI=1S/C20H23NO4/c1-3-4-11-25-17-9-10-18(14(2)12-17)21-19(22)13-15-5-7-16(8-6-15)20(23)24/h5-10,12H,3-4,11,13H2,1-2H3,(H,21,22)(H,23,24). The molecule has 0 radical (unpaired) electrons. The Morgan fingerprint density at radius 2 is 1.84 bits per heavy atom. The van der Waals surface area contributed by atoms with Gasteiger partial charge in [-0.25, -0.2) is 4.79 Å². The summed E-state index contributed by atoms with van der Waals surface area (Å²) in [5.41, 5.74) is 2.65. The van der Waals surface area contributed by atoms with Crippen LogP contribution in [-0.4, -0.2) is 23.6 Å². The molecular formula is C20H23NO4. The Labute approximate surface area is 147 Å². The van der Waals surface area contributed by atoms with Crippen molar-refractivity contribution in [2.24, 2.45) is 0 Å². The highest BCUT2D eigenvalue weighted by Crippen LogP contribution is 2.22. The highest BCUT2D eigenvalue weighted by molar-refractivity contribution is 5.93. The fourth-order valence-corrected chi connectivity index (χ4v) is 2.35. The average molecular weight is 341 g/mol. The van der Waals surface area contributed by atoms with Gasteiger partial charge in [0.05, 0.1) is 18.6 Å². The van der Waals surface area contributed by atoms with Crippen molar-refractivity contribution >= 4 is 17.6 Å². The summed E-state index contributed by atoms with van der Waals surface area (Å²) in [6.07, 6.45) is 2.28. The maximum Gasteiger partial charge on any atom is 0.335 e. The van der Waals surface area contributed by atoms with Crippen molar-refractivity contribution in [3.05, 3.63) is 59.2 Å². The molecule has 2 N–H and O–H groups in total. The molecule has 0 aliphatic rings. The molecule has 0 saturated heterocycles. The lowest BCUT2D eigenvalue weighted by Gasteiger charge is -2.11. The first-order valence-corrected chi connectivity index (χ1v) is 8.35. The number of rotatable bonds is 8. The average Bonchev–Trinajstić information content (AvgIpc) is 2.58. The minimum absolute atomic E-state index is 0.147. The topological polar surface area (TPSA) is 75.6 Å². The fourth-order valence-electron chi connectivity index (χ4n) is 2.35. The molecule has 0 aromatic heterocycles. The lowest BCUT2D eigenvalue weighted by Crippen LogP contribution is -2.15. The van der Waals surface area contributed by atoms with Crippen LogP contribution in [0.1, 0.15) is 41.3 Å². The van der Waals surface area contributed by atoms with E-state index < -0.39 is 5.97 Å². The van der Waals surface area contributed by atoms with Crippen LogP contribution in [0.25, 0.3) is 0 Å². The van der Waals surface area contributed by atoms with Crippen LogP contribution in [0.3, 0.4) is 0 Å². The van der Waals surface area contributed by atoms with Crippen LogP contribution in [0.15, 0.2) is 42.5 Å². The van der Waals surface area contributed by atoms with Crippen molar-refractivity contribution in [3.63, 3.8) is 0 Å². The first-order valence-electron chi connectivity index (χ1n) is 8.35. The number of benzene rings is 2. The molecule has 132 valence electrons. The van der Waals surface area contributed by atoms with Crippen LogP contribution in [-0.2, 0) is 11.2 Å². The summed E-state index contributed by atoms with van der Waals surface area (Å²) >= 11 is 0. The van der Waals surface area contributed by atoms with E-state index in [1.54, 1.807) is 12.1 Å². The lowest BCUT2D eigenvalue weighted by atomic mass is 10.1. The normalized spacial score (nSPS) is 10.3. The highest BCUT2D eigenvalue weighted by atomic mass is 16.5. The number of amides is 1. The third kappa shape index (κ3) is 5.64. The van der Waals surface area contributed by atoms with E-state index in [4.69, 9.17) is 9.84 Å². The number of nitrogens with one attached hydrogen (secondary N) is 1. The lowest BCUT2D eigenvalue weighted by molar-refractivity contribution is -0.115. The summed E-state index contributed by atoms with van der Waals surface area (Å²) in [5, 5.41) is 11.8. The number of unbranched alkanes of at least 4 members (excludes halogenated alkanes) is 1. The molecule has 0 atom stereocenters. The Kier molecular flexibility index (Phi) is 6.57. The van der Waals surface area contributed by atoms with Gasteiger partial charge in [-0.2, -0.15) is 0 Å². The predicted octanol–water partition coefficient (Wildman–Crippen LogP) is 4.05. The Morgan fingerprint density at radius 3 is 2.44 bits per heavy atom. The van der Waals surface area contributed by atoms with Crippen LogP contribution in [0.4, 0.5) is 5.69 Å². The van der Waals surface area contributed by atoms with Crippen LogP contribution in [0, 0.1) is 6.92 Å². The van der Waals surface area contributed by atoms with Crippen molar-refractivity contribution < 1.29 is 19.4 Å². The zero-order valence-electron chi connectivity index (χ0n) is 14.5. The van der Waals surface area contributed by atoms with Gasteiger partial charge in [0.25, 0.3) is 0 Å². The number of anilines is 1. The van der Waals surface area contributed by atoms with E-state index in [0.717, 1.165) is 35.4 Å². The van der Waals surface area contributed by atoms with Crippen LogP contribution < -0.4 is 10.1 Å². The molecular weight excluding hydrogens is 318 g/mol. The smallest absolute Gasteiger partial charge is 0.335 e. The summed E-state index contributed by atoms with van der Waals surface area (Å²) in [4.78, 5) is 23.0. The van der Waals surface area contributed by atoms with Gasteiger partial charge in [-0.05, 0) is 54.8 Å². The zero-order chi connectivity index (χ0) is 18.2. The van der Waals surface area contributed by atoms with Gasteiger partial charge in [0.2, 0.25) is 5.91 Å². The molecule has 5 nitrogen and oxygen atoms in total. The van der Waals surface area contributed by atoms with Crippen molar-refractivity contribution in [1.29, 1.82) is 0 Å². The number of carbonyl (C=O) groups excluding carboxylic acids is 1. The SMILES string of the molecule is CCCCOc1ccc(NC(=O)Cc2ccc(C(=O)O)cc2)c(C)c1. The molecule has 5 heteroatoms. The number of ether oxygens (including phenoxy) is 1. The van der Waals surface area contributed by atoms with E-state index in [1.807, 2.05) is 25.1 Å². The molecule has 0 bridgehead atoms. The molecule has 25 heavy (non-hydrogen) atoms. The van der Waals surface area contributed by atoms with Gasteiger partial charge in [0.1, 0.15) is 5.75 Å². The van der Waals surface area contributed by atoms with Crippen LogP contribution in [0.5, 0.6) is 5.75 Å². The third-order valence-electron chi connectivity index (χ3n) is 3.80. The predicted molar refractivity (Wildman–Crippen MR) is 97.3 cm³/mol. The number of carboxylic acids is 1. The van der Waals surface area contributed by atoms with Gasteiger partial charge in [-0.1, -0.05) is 25.5 Å². The number of carbonyl (C=O) groups is 2. The summed E-state index contributed by atoms with van der Waals surface area (Å²) in [6, 6.07) is 11.9. The molecule has 0 aliphatic carbocycles. The number of carboxylic acid groups (broad SMARTS) is 1. The molecule has 2 aromatic carbocycles. The van der Waals surface area contributed by atoms with Gasteiger partial charge in [-0.3, -0.25) is 4.79 Å². The minimum Gasteiger partial charge on any atom is -0.494 e. The maximum atomic E-state index is 12.2. The van der Waals surface area contributed by atoms with Crippen molar-refractivity contribution in [2.75, 3.05) is 11.9 Å². The second-order valence-corrected chi connectivity index (χ2v) is 5.91. The number of hydrogen-bond donors (Lipinski definition) is 2. The third-order valence-corrected chi connectivity index (χ3v) is 3.80. The number of aromatic carboxylic acids is 1. The first-order chi connectivity index (χ1) is 12.0. The van der Waals surface area contributed by atoms with Crippen molar-refractivity contribution in [1.82, 2.24) is 0 Å². The molecule has 1 amide bonds. The fraction of sp³-hybridized carbons (Fsp3) is 0.300. The maximum absolute atomic E-state index is 12.2. The van der Waals surface area contributed by atoms with Crippen LogP contribution >= 0.6 is 0 Å². The van der Waals surface area contributed by atoms with Crippen LogP contribution in [0.2, 0.25) is 0 Å². The summed E-state index contributed by atoms with van der Waals surface area (Å²) < 4.78 is 5.65.